The molecule has 0 radical (unpaired) electrons. The van der Waals surface area contributed by atoms with Gasteiger partial charge in [0.15, 0.2) is 0 Å². The van der Waals surface area contributed by atoms with E-state index in [1.807, 2.05) is 0 Å². The summed E-state index contributed by atoms with van der Waals surface area (Å²) in [7, 11) is 0. The standard InChI is InChI=1S/C19H28N2/c1-3-18-17-11-20-10-14(17)12-21(18)19-9-8-13(2)15-6-4-5-7-16(15)19/h4-7,13-14,17-20H,3,8-12H2,1-2H3. The van der Waals surface area contributed by atoms with E-state index in [-0.39, 0.29) is 0 Å². The molecule has 1 aromatic carbocycles. The normalized spacial score (nSPS) is 39.2. The van der Waals surface area contributed by atoms with Gasteiger partial charge in [0.2, 0.25) is 0 Å². The molecule has 0 bridgehead atoms. The van der Waals surface area contributed by atoms with Crippen LogP contribution in [0, 0.1) is 11.8 Å². The van der Waals surface area contributed by atoms with E-state index in [1.165, 1.54) is 38.9 Å². The highest BCUT2D eigenvalue weighted by Gasteiger charge is 2.46. The fourth-order valence-electron chi connectivity index (χ4n) is 5.28. The molecule has 5 unspecified atom stereocenters. The minimum absolute atomic E-state index is 0.674. The maximum absolute atomic E-state index is 3.61. The third-order valence-corrected chi connectivity index (χ3v) is 6.34. The van der Waals surface area contributed by atoms with E-state index in [4.69, 9.17) is 0 Å². The van der Waals surface area contributed by atoms with Crippen LogP contribution < -0.4 is 5.32 Å². The van der Waals surface area contributed by atoms with Crippen LogP contribution in [0.4, 0.5) is 0 Å². The van der Waals surface area contributed by atoms with Crippen molar-refractivity contribution in [2.75, 3.05) is 19.6 Å². The van der Waals surface area contributed by atoms with Gasteiger partial charge in [0, 0.05) is 18.6 Å². The lowest BCUT2D eigenvalue weighted by Crippen LogP contribution is -2.39. The van der Waals surface area contributed by atoms with Crippen LogP contribution >= 0.6 is 0 Å². The molecule has 0 aromatic heterocycles. The number of nitrogens with one attached hydrogen (secondary N) is 1. The van der Waals surface area contributed by atoms with Crippen LogP contribution in [-0.2, 0) is 0 Å². The van der Waals surface area contributed by atoms with E-state index in [9.17, 15) is 0 Å². The van der Waals surface area contributed by atoms with E-state index in [2.05, 4.69) is 48.3 Å². The van der Waals surface area contributed by atoms with Gasteiger partial charge in [-0.15, -0.1) is 0 Å². The van der Waals surface area contributed by atoms with Gasteiger partial charge >= 0.3 is 0 Å². The number of nitrogens with zero attached hydrogens (tertiary/aromatic N) is 1. The van der Waals surface area contributed by atoms with Crippen molar-refractivity contribution < 1.29 is 0 Å². The van der Waals surface area contributed by atoms with Crippen molar-refractivity contribution >= 4 is 0 Å². The molecule has 2 heteroatoms. The van der Waals surface area contributed by atoms with Crippen LogP contribution in [0.1, 0.15) is 56.2 Å². The average Bonchev–Trinajstić information content (AvgIpc) is 3.08. The molecule has 2 fully saturated rings. The molecule has 0 saturated carbocycles. The summed E-state index contributed by atoms with van der Waals surface area (Å²) in [6, 6.07) is 10.7. The zero-order valence-corrected chi connectivity index (χ0v) is 13.4. The minimum Gasteiger partial charge on any atom is -0.316 e. The third kappa shape index (κ3) is 2.15. The summed E-state index contributed by atoms with van der Waals surface area (Å²) in [5, 5.41) is 3.61. The molecular weight excluding hydrogens is 256 g/mol. The molecule has 1 aliphatic carbocycles. The first-order chi connectivity index (χ1) is 10.3. The van der Waals surface area contributed by atoms with Gasteiger partial charge in [-0.25, -0.2) is 0 Å². The van der Waals surface area contributed by atoms with Crippen LogP contribution in [-0.4, -0.2) is 30.6 Å². The first kappa shape index (κ1) is 13.8. The maximum atomic E-state index is 3.61. The highest BCUT2D eigenvalue weighted by molar-refractivity contribution is 5.35. The first-order valence-corrected chi connectivity index (χ1v) is 8.85. The number of likely N-dealkylation sites (tertiary alicyclic amines) is 1. The summed E-state index contributed by atoms with van der Waals surface area (Å²) in [6.07, 6.45) is 4.00. The topological polar surface area (TPSA) is 15.3 Å². The fourth-order valence-corrected chi connectivity index (χ4v) is 5.28. The van der Waals surface area contributed by atoms with Crippen LogP contribution in [0.5, 0.6) is 0 Å². The monoisotopic (exact) mass is 284 g/mol. The van der Waals surface area contributed by atoms with Crippen molar-refractivity contribution in [1.82, 2.24) is 10.2 Å². The first-order valence-electron chi connectivity index (χ1n) is 8.85. The van der Waals surface area contributed by atoms with E-state index in [0.717, 1.165) is 23.8 Å². The molecule has 3 aliphatic rings. The Balaban J connectivity index is 1.66. The fraction of sp³-hybridized carbons (Fsp3) is 0.684. The van der Waals surface area contributed by atoms with Crippen molar-refractivity contribution in [1.29, 1.82) is 0 Å². The minimum atomic E-state index is 0.674. The largest absolute Gasteiger partial charge is 0.316 e. The average molecular weight is 284 g/mol. The van der Waals surface area contributed by atoms with E-state index >= 15 is 0 Å². The molecule has 114 valence electrons. The SMILES string of the molecule is CCC1C2CNCC2CN1C1CCC(C)c2ccccc21. The lowest BCUT2D eigenvalue weighted by molar-refractivity contribution is 0.137. The van der Waals surface area contributed by atoms with Crippen LogP contribution in [0.3, 0.4) is 0 Å². The van der Waals surface area contributed by atoms with Crippen LogP contribution in [0.2, 0.25) is 0 Å². The summed E-state index contributed by atoms with van der Waals surface area (Å²) >= 11 is 0. The molecule has 4 rings (SSSR count). The van der Waals surface area contributed by atoms with Crippen LogP contribution in [0.15, 0.2) is 24.3 Å². The van der Waals surface area contributed by atoms with Gasteiger partial charge in [-0.05, 0) is 61.2 Å². The Morgan fingerprint density at radius 2 is 1.95 bits per heavy atom. The smallest absolute Gasteiger partial charge is 0.0354 e. The summed E-state index contributed by atoms with van der Waals surface area (Å²) in [4.78, 5) is 2.88. The van der Waals surface area contributed by atoms with E-state index in [1.54, 1.807) is 11.1 Å². The van der Waals surface area contributed by atoms with E-state index < -0.39 is 0 Å². The van der Waals surface area contributed by atoms with Crippen molar-refractivity contribution in [3.05, 3.63) is 35.4 Å². The van der Waals surface area contributed by atoms with Crippen LogP contribution in [0.25, 0.3) is 0 Å². The third-order valence-electron chi connectivity index (χ3n) is 6.34. The molecule has 0 spiro atoms. The Kier molecular flexibility index (Phi) is 3.55. The lowest BCUT2D eigenvalue weighted by atomic mass is 9.80. The molecule has 0 amide bonds. The number of benzene rings is 1. The Hall–Kier alpha value is -0.860. The molecule has 21 heavy (non-hydrogen) atoms. The highest BCUT2D eigenvalue weighted by atomic mass is 15.2. The quantitative estimate of drug-likeness (QED) is 0.893. The second-order valence-corrected chi connectivity index (χ2v) is 7.38. The molecule has 2 nitrogen and oxygen atoms in total. The molecule has 5 atom stereocenters. The van der Waals surface area contributed by atoms with E-state index in [0.29, 0.717) is 6.04 Å². The molecule has 2 aliphatic heterocycles. The molecule has 2 heterocycles. The zero-order chi connectivity index (χ0) is 14.4. The van der Waals surface area contributed by atoms with Gasteiger partial charge < -0.3 is 5.32 Å². The zero-order valence-electron chi connectivity index (χ0n) is 13.4. The number of hydrogen-bond acceptors (Lipinski definition) is 2. The van der Waals surface area contributed by atoms with Gasteiger partial charge in [-0.2, -0.15) is 0 Å². The van der Waals surface area contributed by atoms with Crippen molar-refractivity contribution in [2.24, 2.45) is 11.8 Å². The number of fused-ring (bicyclic) bond motifs is 2. The maximum Gasteiger partial charge on any atom is 0.0354 e. The Labute approximate surface area is 128 Å². The second kappa shape index (κ2) is 5.40. The number of hydrogen-bond donors (Lipinski definition) is 1. The van der Waals surface area contributed by atoms with Crippen molar-refractivity contribution in [3.63, 3.8) is 0 Å². The summed E-state index contributed by atoms with van der Waals surface area (Å²) in [5.41, 5.74) is 3.24. The number of rotatable bonds is 2. The van der Waals surface area contributed by atoms with Gasteiger partial charge in [0.05, 0.1) is 0 Å². The Morgan fingerprint density at radius 1 is 1.14 bits per heavy atom. The summed E-state index contributed by atoms with van der Waals surface area (Å²) in [6.45, 7) is 8.57. The molecular formula is C19H28N2. The summed E-state index contributed by atoms with van der Waals surface area (Å²) < 4.78 is 0. The predicted octanol–water partition coefficient (Wildman–Crippen LogP) is 3.55. The lowest BCUT2D eigenvalue weighted by Gasteiger charge is -2.39. The molecule has 2 saturated heterocycles. The predicted molar refractivity (Wildman–Crippen MR) is 87.5 cm³/mol. The molecule has 1 aromatic rings. The highest BCUT2D eigenvalue weighted by Crippen LogP contribution is 2.46. The Morgan fingerprint density at radius 3 is 2.76 bits per heavy atom. The van der Waals surface area contributed by atoms with Gasteiger partial charge in [0.1, 0.15) is 0 Å². The summed E-state index contributed by atoms with van der Waals surface area (Å²) in [5.74, 6) is 2.52. The van der Waals surface area contributed by atoms with Gasteiger partial charge in [-0.1, -0.05) is 38.1 Å². The second-order valence-electron chi connectivity index (χ2n) is 7.38. The van der Waals surface area contributed by atoms with Gasteiger partial charge in [0.25, 0.3) is 0 Å². The van der Waals surface area contributed by atoms with Gasteiger partial charge in [-0.3, -0.25) is 4.90 Å². The van der Waals surface area contributed by atoms with Crippen molar-refractivity contribution in [3.8, 4) is 0 Å². The molecule has 1 N–H and O–H groups in total. The van der Waals surface area contributed by atoms with Crippen molar-refractivity contribution in [2.45, 2.75) is 51.1 Å². The Bertz CT molecular complexity index is 512.